The zero-order chi connectivity index (χ0) is 9.40. The Labute approximate surface area is 73.2 Å². The van der Waals surface area contributed by atoms with E-state index in [1.807, 2.05) is 0 Å². The maximum absolute atomic E-state index is 9.17. The van der Waals surface area contributed by atoms with E-state index >= 15 is 0 Å². The van der Waals surface area contributed by atoms with Crippen LogP contribution in [0.15, 0.2) is 0 Å². The van der Waals surface area contributed by atoms with E-state index < -0.39 is 12.2 Å². The van der Waals surface area contributed by atoms with Crippen LogP contribution in [-0.2, 0) is 0 Å². The van der Waals surface area contributed by atoms with Crippen LogP contribution in [0.4, 0.5) is 0 Å². The summed E-state index contributed by atoms with van der Waals surface area (Å²) >= 11 is 0. The molecule has 0 aliphatic carbocycles. The molecule has 0 saturated heterocycles. The topological polar surface area (TPSA) is 72.7 Å². The molecule has 0 heterocycles. The van der Waals surface area contributed by atoms with Gasteiger partial charge in [-0.1, -0.05) is 6.92 Å². The molecule has 0 rings (SSSR count). The first-order chi connectivity index (χ1) is 5.72. The molecule has 0 spiro atoms. The van der Waals surface area contributed by atoms with E-state index in [1.165, 1.54) is 0 Å². The number of rotatable bonds is 7. The van der Waals surface area contributed by atoms with Crippen molar-refractivity contribution in [1.29, 1.82) is 0 Å². The summed E-state index contributed by atoms with van der Waals surface area (Å²) in [6.07, 6.45) is -0.298. The first kappa shape index (κ1) is 11.8. The average Bonchev–Trinajstić information content (AvgIpc) is 2.10. The van der Waals surface area contributed by atoms with Crippen molar-refractivity contribution >= 4 is 0 Å². The smallest absolute Gasteiger partial charge is 0.103 e. The maximum Gasteiger partial charge on any atom is 0.103 e. The number of aliphatic hydroxyl groups is 3. The summed E-state index contributed by atoms with van der Waals surface area (Å²) in [4.78, 5) is 0. The van der Waals surface area contributed by atoms with Crippen molar-refractivity contribution in [3.05, 3.63) is 0 Å². The van der Waals surface area contributed by atoms with E-state index in [1.54, 1.807) is 0 Å². The van der Waals surface area contributed by atoms with Crippen LogP contribution in [0.2, 0.25) is 0 Å². The standard InChI is InChI=1S/C8H19NO3/c1-2-4-9-5-3-7(11)8(12)6-10/h7-12H,2-6H2,1H3. The SMILES string of the molecule is CCCNCCC(O)C(O)CO. The van der Waals surface area contributed by atoms with Crippen molar-refractivity contribution in [2.75, 3.05) is 19.7 Å². The van der Waals surface area contributed by atoms with Gasteiger partial charge in [0.25, 0.3) is 0 Å². The zero-order valence-corrected chi connectivity index (χ0v) is 7.53. The Balaban J connectivity index is 3.24. The molecule has 0 aromatic heterocycles. The minimum atomic E-state index is -1.01. The predicted octanol–water partition coefficient (Wildman–Crippen LogP) is -0.910. The lowest BCUT2D eigenvalue weighted by Gasteiger charge is -2.15. The van der Waals surface area contributed by atoms with Crippen LogP contribution in [0.25, 0.3) is 0 Å². The van der Waals surface area contributed by atoms with Gasteiger partial charge in [-0.2, -0.15) is 0 Å². The van der Waals surface area contributed by atoms with Crippen LogP contribution in [0.5, 0.6) is 0 Å². The third-order valence-corrected chi connectivity index (χ3v) is 1.67. The molecule has 4 N–H and O–H groups in total. The van der Waals surface area contributed by atoms with Crippen molar-refractivity contribution in [3.63, 3.8) is 0 Å². The lowest BCUT2D eigenvalue weighted by Crippen LogP contribution is -2.32. The molecule has 0 saturated carbocycles. The predicted molar refractivity (Wildman–Crippen MR) is 46.9 cm³/mol. The summed E-state index contributed by atoms with van der Waals surface area (Å²) in [5.74, 6) is 0. The molecule has 74 valence electrons. The van der Waals surface area contributed by atoms with Gasteiger partial charge in [0.2, 0.25) is 0 Å². The summed E-state index contributed by atoms with van der Waals surface area (Å²) in [6, 6.07) is 0. The highest BCUT2D eigenvalue weighted by atomic mass is 16.4. The Hall–Kier alpha value is -0.160. The molecule has 0 radical (unpaired) electrons. The first-order valence-corrected chi connectivity index (χ1v) is 4.40. The van der Waals surface area contributed by atoms with Gasteiger partial charge >= 0.3 is 0 Å². The molecule has 0 amide bonds. The molecule has 0 fully saturated rings. The van der Waals surface area contributed by atoms with Gasteiger partial charge in [0, 0.05) is 0 Å². The number of aliphatic hydroxyl groups excluding tert-OH is 3. The third kappa shape index (κ3) is 5.49. The van der Waals surface area contributed by atoms with Gasteiger partial charge in [0.1, 0.15) is 6.10 Å². The van der Waals surface area contributed by atoms with Crippen LogP contribution in [0, 0.1) is 0 Å². The number of hydrogen-bond donors (Lipinski definition) is 4. The summed E-state index contributed by atoms with van der Waals surface area (Å²) < 4.78 is 0. The molecule has 2 atom stereocenters. The molecule has 4 heteroatoms. The van der Waals surface area contributed by atoms with E-state index in [9.17, 15) is 0 Å². The highest BCUT2D eigenvalue weighted by Crippen LogP contribution is 1.96. The second-order valence-corrected chi connectivity index (χ2v) is 2.86. The normalized spacial score (nSPS) is 16.0. The molecular weight excluding hydrogens is 158 g/mol. The van der Waals surface area contributed by atoms with Gasteiger partial charge in [-0.3, -0.25) is 0 Å². The quantitative estimate of drug-likeness (QED) is 0.380. The minimum Gasteiger partial charge on any atom is -0.394 e. The van der Waals surface area contributed by atoms with Gasteiger partial charge in [0.15, 0.2) is 0 Å². The van der Waals surface area contributed by atoms with E-state index in [0.29, 0.717) is 13.0 Å². The van der Waals surface area contributed by atoms with E-state index in [0.717, 1.165) is 13.0 Å². The molecule has 0 aliphatic rings. The first-order valence-electron chi connectivity index (χ1n) is 4.40. The molecule has 0 aromatic carbocycles. The Kier molecular flexibility index (Phi) is 7.39. The monoisotopic (exact) mass is 177 g/mol. The van der Waals surface area contributed by atoms with Crippen LogP contribution in [0.1, 0.15) is 19.8 Å². The Morgan fingerprint density at radius 2 is 1.83 bits per heavy atom. The molecular formula is C8H19NO3. The maximum atomic E-state index is 9.17. The Bertz CT molecular complexity index is 100. The van der Waals surface area contributed by atoms with Crippen molar-refractivity contribution in [3.8, 4) is 0 Å². The lowest BCUT2D eigenvalue weighted by molar-refractivity contribution is -0.0171. The van der Waals surface area contributed by atoms with Crippen molar-refractivity contribution < 1.29 is 15.3 Å². The van der Waals surface area contributed by atoms with Crippen LogP contribution < -0.4 is 5.32 Å². The van der Waals surface area contributed by atoms with Gasteiger partial charge in [-0.25, -0.2) is 0 Å². The van der Waals surface area contributed by atoms with Gasteiger partial charge in [-0.05, 0) is 25.9 Å². The van der Waals surface area contributed by atoms with Crippen molar-refractivity contribution in [2.24, 2.45) is 0 Å². The average molecular weight is 177 g/mol. The Morgan fingerprint density at radius 3 is 2.33 bits per heavy atom. The fourth-order valence-electron chi connectivity index (χ4n) is 0.866. The van der Waals surface area contributed by atoms with E-state index in [2.05, 4.69) is 12.2 Å². The minimum absolute atomic E-state index is 0.380. The highest BCUT2D eigenvalue weighted by molar-refractivity contribution is 4.66. The van der Waals surface area contributed by atoms with E-state index in [-0.39, 0.29) is 6.61 Å². The van der Waals surface area contributed by atoms with Crippen LogP contribution >= 0.6 is 0 Å². The molecule has 0 aliphatic heterocycles. The Morgan fingerprint density at radius 1 is 1.17 bits per heavy atom. The summed E-state index contributed by atoms with van der Waals surface area (Å²) in [7, 11) is 0. The molecule has 2 unspecified atom stereocenters. The summed E-state index contributed by atoms with van der Waals surface area (Å²) in [5, 5.41) is 29.7. The molecule has 12 heavy (non-hydrogen) atoms. The highest BCUT2D eigenvalue weighted by Gasteiger charge is 2.13. The third-order valence-electron chi connectivity index (χ3n) is 1.67. The second kappa shape index (κ2) is 7.49. The fraction of sp³-hybridized carbons (Fsp3) is 1.00. The zero-order valence-electron chi connectivity index (χ0n) is 7.53. The summed E-state index contributed by atoms with van der Waals surface area (Å²) in [5.41, 5.74) is 0. The van der Waals surface area contributed by atoms with Crippen molar-refractivity contribution in [2.45, 2.75) is 32.0 Å². The van der Waals surface area contributed by atoms with Crippen molar-refractivity contribution in [1.82, 2.24) is 5.32 Å². The fourth-order valence-corrected chi connectivity index (χ4v) is 0.866. The molecule has 4 nitrogen and oxygen atoms in total. The van der Waals surface area contributed by atoms with Crippen LogP contribution in [0.3, 0.4) is 0 Å². The largest absolute Gasteiger partial charge is 0.394 e. The second-order valence-electron chi connectivity index (χ2n) is 2.86. The van der Waals surface area contributed by atoms with Gasteiger partial charge in [-0.15, -0.1) is 0 Å². The molecule has 0 aromatic rings. The van der Waals surface area contributed by atoms with E-state index in [4.69, 9.17) is 15.3 Å². The van der Waals surface area contributed by atoms with Gasteiger partial charge in [0.05, 0.1) is 12.7 Å². The lowest BCUT2D eigenvalue weighted by atomic mass is 10.1. The van der Waals surface area contributed by atoms with Crippen LogP contribution in [-0.4, -0.2) is 47.2 Å². The molecule has 0 bridgehead atoms. The van der Waals surface area contributed by atoms with Gasteiger partial charge < -0.3 is 20.6 Å². The number of hydrogen-bond acceptors (Lipinski definition) is 4. The summed E-state index contributed by atoms with van der Waals surface area (Å²) in [6.45, 7) is 3.27. The number of nitrogens with one attached hydrogen (secondary N) is 1.